The lowest BCUT2D eigenvalue weighted by Crippen LogP contribution is -2.21. The molecule has 3 rings (SSSR count). The quantitative estimate of drug-likeness (QED) is 0.853. The van der Waals surface area contributed by atoms with Crippen LogP contribution in [0.15, 0.2) is 47.4 Å². The first-order valence-corrected chi connectivity index (χ1v) is 10.3. The molecule has 1 saturated heterocycles. The molecule has 1 aliphatic rings. The third-order valence-electron chi connectivity index (χ3n) is 4.68. The van der Waals surface area contributed by atoms with Gasteiger partial charge in [-0.05, 0) is 48.1 Å². The van der Waals surface area contributed by atoms with Gasteiger partial charge in [0.2, 0.25) is 0 Å². The molecule has 1 heterocycles. The maximum absolute atomic E-state index is 13.7. The fourth-order valence-corrected chi connectivity index (χ4v) is 4.23. The summed E-state index contributed by atoms with van der Waals surface area (Å²) in [5.74, 6) is -0.464. The van der Waals surface area contributed by atoms with Crippen LogP contribution in [0.1, 0.15) is 39.2 Å². The number of anilines is 2. The molecule has 0 atom stereocenters. The molecule has 6 heteroatoms. The number of hydrogen-bond donors (Lipinski definition) is 1. The summed E-state index contributed by atoms with van der Waals surface area (Å²) in [4.78, 5) is 2.25. The Hall–Kier alpha value is -2.08. The van der Waals surface area contributed by atoms with Gasteiger partial charge in [-0.15, -0.1) is 0 Å². The SMILES string of the molecule is CC(C)(C)c1ccc(S(=O)(=O)Nc2cc(F)ccc2N2CCCC2)cc1. The van der Waals surface area contributed by atoms with Gasteiger partial charge in [-0.1, -0.05) is 32.9 Å². The van der Waals surface area contributed by atoms with E-state index >= 15 is 0 Å². The highest BCUT2D eigenvalue weighted by atomic mass is 32.2. The third-order valence-corrected chi connectivity index (χ3v) is 6.06. The van der Waals surface area contributed by atoms with Crippen LogP contribution in [0.5, 0.6) is 0 Å². The monoisotopic (exact) mass is 376 g/mol. The van der Waals surface area contributed by atoms with Crippen molar-refractivity contribution >= 4 is 21.4 Å². The van der Waals surface area contributed by atoms with E-state index in [4.69, 9.17) is 0 Å². The lowest BCUT2D eigenvalue weighted by atomic mass is 9.87. The molecule has 2 aromatic carbocycles. The van der Waals surface area contributed by atoms with Gasteiger partial charge in [-0.2, -0.15) is 0 Å². The summed E-state index contributed by atoms with van der Waals surface area (Å²) in [7, 11) is -3.79. The van der Waals surface area contributed by atoms with Crippen LogP contribution >= 0.6 is 0 Å². The van der Waals surface area contributed by atoms with E-state index in [1.807, 2.05) is 12.1 Å². The van der Waals surface area contributed by atoms with Crippen molar-refractivity contribution in [3.8, 4) is 0 Å². The third kappa shape index (κ3) is 4.01. The zero-order valence-corrected chi connectivity index (χ0v) is 16.2. The molecule has 0 aromatic heterocycles. The van der Waals surface area contributed by atoms with Crippen LogP contribution in [0, 0.1) is 5.82 Å². The van der Waals surface area contributed by atoms with Crippen LogP contribution in [0.2, 0.25) is 0 Å². The van der Waals surface area contributed by atoms with Gasteiger partial charge in [0.05, 0.1) is 16.3 Å². The first-order chi connectivity index (χ1) is 12.2. The number of sulfonamides is 1. The van der Waals surface area contributed by atoms with Crippen molar-refractivity contribution in [1.29, 1.82) is 0 Å². The average Bonchev–Trinajstić information content (AvgIpc) is 3.08. The molecule has 0 unspecified atom stereocenters. The van der Waals surface area contributed by atoms with Gasteiger partial charge in [0.25, 0.3) is 10.0 Å². The van der Waals surface area contributed by atoms with E-state index in [-0.39, 0.29) is 16.0 Å². The number of nitrogens with zero attached hydrogens (tertiary/aromatic N) is 1. The number of hydrogen-bond acceptors (Lipinski definition) is 3. The van der Waals surface area contributed by atoms with Crippen molar-refractivity contribution in [2.75, 3.05) is 22.7 Å². The molecule has 0 radical (unpaired) electrons. The Kier molecular flexibility index (Phi) is 4.97. The minimum Gasteiger partial charge on any atom is -0.370 e. The predicted molar refractivity (Wildman–Crippen MR) is 104 cm³/mol. The molecule has 2 aromatic rings. The molecule has 26 heavy (non-hydrogen) atoms. The first kappa shape index (κ1) is 18.7. The minimum absolute atomic E-state index is 0.0544. The standard InChI is InChI=1S/C20H25FN2O2S/c1-20(2,3)15-6-9-17(10-7-15)26(24,25)22-18-14-16(21)8-11-19(18)23-12-4-5-13-23/h6-11,14,22H,4-5,12-13H2,1-3H3. The lowest BCUT2D eigenvalue weighted by Gasteiger charge is -2.22. The van der Waals surface area contributed by atoms with Crippen LogP contribution in [-0.4, -0.2) is 21.5 Å². The van der Waals surface area contributed by atoms with E-state index in [1.165, 1.54) is 12.1 Å². The Morgan fingerprint density at radius 1 is 1.00 bits per heavy atom. The van der Waals surface area contributed by atoms with Gasteiger partial charge in [0.1, 0.15) is 5.82 Å². The predicted octanol–water partition coefficient (Wildman–Crippen LogP) is 4.52. The van der Waals surface area contributed by atoms with Gasteiger partial charge >= 0.3 is 0 Å². The second-order valence-corrected chi connectivity index (χ2v) is 9.42. The highest BCUT2D eigenvalue weighted by Gasteiger charge is 2.22. The number of nitrogens with one attached hydrogen (secondary N) is 1. The van der Waals surface area contributed by atoms with Crippen LogP contribution in [0.25, 0.3) is 0 Å². The second kappa shape index (κ2) is 6.91. The van der Waals surface area contributed by atoms with Gasteiger partial charge in [-0.3, -0.25) is 4.72 Å². The maximum Gasteiger partial charge on any atom is 0.261 e. The Balaban J connectivity index is 1.91. The van der Waals surface area contributed by atoms with Crippen molar-refractivity contribution in [2.24, 2.45) is 0 Å². The molecule has 0 bridgehead atoms. The van der Waals surface area contributed by atoms with E-state index in [0.717, 1.165) is 37.2 Å². The molecule has 1 fully saturated rings. The lowest BCUT2D eigenvalue weighted by molar-refractivity contribution is 0.587. The zero-order chi connectivity index (χ0) is 18.9. The summed E-state index contributed by atoms with van der Waals surface area (Å²) in [6, 6.07) is 11.1. The molecule has 1 N–H and O–H groups in total. The van der Waals surface area contributed by atoms with E-state index in [9.17, 15) is 12.8 Å². The van der Waals surface area contributed by atoms with Crippen LogP contribution in [0.4, 0.5) is 15.8 Å². The van der Waals surface area contributed by atoms with Gasteiger partial charge in [0.15, 0.2) is 0 Å². The summed E-state index contributed by atoms with van der Waals surface area (Å²) in [5.41, 5.74) is 2.01. The summed E-state index contributed by atoms with van der Waals surface area (Å²) >= 11 is 0. The van der Waals surface area contributed by atoms with Crippen molar-refractivity contribution in [3.05, 3.63) is 53.8 Å². The molecule has 0 saturated carbocycles. The number of benzene rings is 2. The Morgan fingerprint density at radius 3 is 2.19 bits per heavy atom. The summed E-state index contributed by atoms with van der Waals surface area (Å²) < 4.78 is 41.9. The molecule has 140 valence electrons. The fraction of sp³-hybridized carbons (Fsp3) is 0.400. The highest BCUT2D eigenvalue weighted by molar-refractivity contribution is 7.92. The second-order valence-electron chi connectivity index (χ2n) is 7.74. The topological polar surface area (TPSA) is 49.4 Å². The maximum atomic E-state index is 13.7. The Labute approximate surface area is 155 Å². The van der Waals surface area contributed by atoms with Crippen LogP contribution in [-0.2, 0) is 15.4 Å². The van der Waals surface area contributed by atoms with Gasteiger partial charge < -0.3 is 4.90 Å². The van der Waals surface area contributed by atoms with Gasteiger partial charge in [0, 0.05) is 19.2 Å². The fourth-order valence-electron chi connectivity index (χ4n) is 3.16. The molecular formula is C20H25FN2O2S. The summed E-state index contributed by atoms with van der Waals surface area (Å²) in [5, 5.41) is 0. The summed E-state index contributed by atoms with van der Waals surface area (Å²) in [6.07, 6.45) is 2.11. The van der Waals surface area contributed by atoms with E-state index in [2.05, 4.69) is 30.4 Å². The number of rotatable bonds is 4. The molecule has 0 amide bonds. The largest absolute Gasteiger partial charge is 0.370 e. The highest BCUT2D eigenvalue weighted by Crippen LogP contribution is 2.32. The van der Waals surface area contributed by atoms with Crippen molar-refractivity contribution in [2.45, 2.75) is 43.9 Å². The van der Waals surface area contributed by atoms with Crippen molar-refractivity contribution < 1.29 is 12.8 Å². The molecule has 0 spiro atoms. The van der Waals surface area contributed by atoms with Crippen LogP contribution < -0.4 is 9.62 Å². The summed E-state index contributed by atoms with van der Waals surface area (Å²) in [6.45, 7) is 7.92. The molecule has 0 aliphatic carbocycles. The smallest absolute Gasteiger partial charge is 0.261 e. The molecule has 1 aliphatic heterocycles. The van der Waals surface area contributed by atoms with Crippen molar-refractivity contribution in [1.82, 2.24) is 0 Å². The number of halogens is 1. The van der Waals surface area contributed by atoms with Crippen LogP contribution in [0.3, 0.4) is 0 Å². The Bertz CT molecular complexity index is 881. The Morgan fingerprint density at radius 2 is 1.62 bits per heavy atom. The molecule has 4 nitrogen and oxygen atoms in total. The van der Waals surface area contributed by atoms with E-state index in [0.29, 0.717) is 0 Å². The normalized spacial score (nSPS) is 15.3. The van der Waals surface area contributed by atoms with E-state index in [1.54, 1.807) is 18.2 Å². The molecular weight excluding hydrogens is 351 g/mol. The van der Waals surface area contributed by atoms with Crippen molar-refractivity contribution in [3.63, 3.8) is 0 Å². The minimum atomic E-state index is -3.79. The van der Waals surface area contributed by atoms with E-state index < -0.39 is 15.8 Å². The zero-order valence-electron chi connectivity index (χ0n) is 15.4. The average molecular weight is 376 g/mol. The first-order valence-electron chi connectivity index (χ1n) is 8.85. The van der Waals surface area contributed by atoms with Gasteiger partial charge in [-0.25, -0.2) is 12.8 Å².